The van der Waals surface area contributed by atoms with Gasteiger partial charge in [0.1, 0.15) is 0 Å². The Labute approximate surface area is 112 Å². The zero-order chi connectivity index (χ0) is 13.2. The summed E-state index contributed by atoms with van der Waals surface area (Å²) in [5, 5.41) is 0. The number of carbonyl (C=O) groups is 1. The Kier molecular flexibility index (Phi) is 3.46. The Bertz CT molecular complexity index is 480. The maximum absolute atomic E-state index is 13.1. The average molecular weight is 263 g/mol. The first kappa shape index (κ1) is 12.5. The van der Waals surface area contributed by atoms with Crippen molar-refractivity contribution in [3.8, 4) is 0 Å². The third kappa shape index (κ3) is 2.61. The number of rotatable bonds is 1. The first-order valence-corrected chi connectivity index (χ1v) is 6.89. The smallest absolute Gasteiger partial charge is 0.254 e. The predicted molar refractivity (Wildman–Crippen MR) is 69.3 cm³/mol. The van der Waals surface area contributed by atoms with Crippen molar-refractivity contribution in [1.29, 1.82) is 0 Å². The van der Waals surface area contributed by atoms with E-state index in [2.05, 4.69) is 9.88 Å². The number of fused-ring (bicyclic) bond motifs is 1. The number of nitrogens with zero attached hydrogens (tertiary/aromatic N) is 3. The first-order valence-electron chi connectivity index (χ1n) is 6.89. The van der Waals surface area contributed by atoms with Crippen LogP contribution in [0.15, 0.2) is 18.3 Å². The van der Waals surface area contributed by atoms with Crippen LogP contribution in [0.4, 0.5) is 4.39 Å². The Hall–Kier alpha value is -1.49. The van der Waals surface area contributed by atoms with Gasteiger partial charge in [-0.3, -0.25) is 9.69 Å². The molecule has 1 amide bonds. The maximum atomic E-state index is 13.1. The SMILES string of the molecule is O=C(c1ccnc(F)c1)N1CCCN2CCCC2C1. The van der Waals surface area contributed by atoms with Crippen molar-refractivity contribution < 1.29 is 9.18 Å². The predicted octanol–water partition coefficient (Wildman–Crippen LogP) is 1.53. The highest BCUT2D eigenvalue weighted by molar-refractivity contribution is 5.94. The van der Waals surface area contributed by atoms with Crippen LogP contribution in [0, 0.1) is 5.95 Å². The Morgan fingerprint density at radius 1 is 1.32 bits per heavy atom. The molecule has 2 saturated heterocycles. The minimum Gasteiger partial charge on any atom is -0.337 e. The molecular formula is C14H18FN3O. The minimum absolute atomic E-state index is 0.0740. The highest BCUT2D eigenvalue weighted by atomic mass is 19.1. The van der Waals surface area contributed by atoms with Gasteiger partial charge in [0.2, 0.25) is 5.95 Å². The van der Waals surface area contributed by atoms with E-state index in [4.69, 9.17) is 0 Å². The lowest BCUT2D eigenvalue weighted by Crippen LogP contribution is -2.39. The summed E-state index contributed by atoms with van der Waals surface area (Å²) in [7, 11) is 0. The molecule has 2 aliphatic rings. The average Bonchev–Trinajstić information content (AvgIpc) is 2.75. The van der Waals surface area contributed by atoms with Crippen molar-refractivity contribution in [3.63, 3.8) is 0 Å². The molecule has 1 atom stereocenters. The van der Waals surface area contributed by atoms with Gasteiger partial charge in [0, 0.05) is 43.5 Å². The van der Waals surface area contributed by atoms with Gasteiger partial charge < -0.3 is 4.90 Å². The molecule has 19 heavy (non-hydrogen) atoms. The molecule has 0 radical (unpaired) electrons. The zero-order valence-corrected chi connectivity index (χ0v) is 10.9. The van der Waals surface area contributed by atoms with Crippen molar-refractivity contribution in [3.05, 3.63) is 29.8 Å². The molecule has 1 unspecified atom stereocenters. The number of amides is 1. The van der Waals surface area contributed by atoms with Crippen LogP contribution in [0.1, 0.15) is 29.6 Å². The molecule has 2 fully saturated rings. The fraction of sp³-hybridized carbons (Fsp3) is 0.571. The van der Waals surface area contributed by atoms with Gasteiger partial charge in [-0.15, -0.1) is 0 Å². The van der Waals surface area contributed by atoms with E-state index in [-0.39, 0.29) is 5.91 Å². The van der Waals surface area contributed by atoms with Crippen molar-refractivity contribution in [2.75, 3.05) is 26.2 Å². The second kappa shape index (κ2) is 5.25. The zero-order valence-electron chi connectivity index (χ0n) is 10.9. The van der Waals surface area contributed by atoms with Crippen LogP contribution >= 0.6 is 0 Å². The Balaban J connectivity index is 1.75. The number of hydrogen-bond acceptors (Lipinski definition) is 3. The third-order valence-corrected chi connectivity index (χ3v) is 4.06. The van der Waals surface area contributed by atoms with E-state index in [1.165, 1.54) is 18.7 Å². The molecule has 0 bridgehead atoms. The van der Waals surface area contributed by atoms with E-state index in [0.29, 0.717) is 11.6 Å². The lowest BCUT2D eigenvalue weighted by molar-refractivity contribution is 0.0742. The molecule has 5 heteroatoms. The van der Waals surface area contributed by atoms with Crippen LogP contribution in [-0.2, 0) is 0 Å². The lowest BCUT2D eigenvalue weighted by atomic mass is 10.2. The molecule has 0 N–H and O–H groups in total. The van der Waals surface area contributed by atoms with Gasteiger partial charge in [0.05, 0.1) is 0 Å². The van der Waals surface area contributed by atoms with Crippen LogP contribution in [0.5, 0.6) is 0 Å². The fourth-order valence-electron chi connectivity index (χ4n) is 3.11. The van der Waals surface area contributed by atoms with Crippen LogP contribution < -0.4 is 0 Å². The molecule has 4 nitrogen and oxygen atoms in total. The molecule has 2 aliphatic heterocycles. The normalized spacial score (nSPS) is 24.1. The largest absolute Gasteiger partial charge is 0.337 e. The van der Waals surface area contributed by atoms with E-state index in [0.717, 1.165) is 39.0 Å². The van der Waals surface area contributed by atoms with Gasteiger partial charge in [-0.2, -0.15) is 4.39 Å². The van der Waals surface area contributed by atoms with Gasteiger partial charge in [-0.25, -0.2) is 4.98 Å². The number of halogens is 1. The van der Waals surface area contributed by atoms with Crippen molar-refractivity contribution in [2.45, 2.75) is 25.3 Å². The van der Waals surface area contributed by atoms with E-state index >= 15 is 0 Å². The highest BCUT2D eigenvalue weighted by Gasteiger charge is 2.30. The second-order valence-corrected chi connectivity index (χ2v) is 5.30. The first-order chi connectivity index (χ1) is 9.24. The molecular weight excluding hydrogens is 245 g/mol. The summed E-state index contributed by atoms with van der Waals surface area (Å²) >= 11 is 0. The van der Waals surface area contributed by atoms with E-state index < -0.39 is 5.95 Å². The molecule has 1 aromatic heterocycles. The van der Waals surface area contributed by atoms with E-state index in [1.807, 2.05) is 4.90 Å². The molecule has 3 rings (SSSR count). The Morgan fingerprint density at radius 3 is 3.00 bits per heavy atom. The van der Waals surface area contributed by atoms with Gasteiger partial charge >= 0.3 is 0 Å². The van der Waals surface area contributed by atoms with E-state index in [9.17, 15) is 9.18 Å². The molecule has 0 aromatic carbocycles. The number of pyridine rings is 1. The molecule has 0 saturated carbocycles. The van der Waals surface area contributed by atoms with Crippen molar-refractivity contribution in [1.82, 2.24) is 14.8 Å². The number of carbonyl (C=O) groups excluding carboxylic acids is 1. The second-order valence-electron chi connectivity index (χ2n) is 5.30. The van der Waals surface area contributed by atoms with Gasteiger partial charge in [-0.05, 0) is 31.9 Å². The maximum Gasteiger partial charge on any atom is 0.254 e. The quantitative estimate of drug-likeness (QED) is 0.721. The highest BCUT2D eigenvalue weighted by Crippen LogP contribution is 2.22. The van der Waals surface area contributed by atoms with Crippen LogP contribution in [0.3, 0.4) is 0 Å². The molecule has 102 valence electrons. The summed E-state index contributed by atoms with van der Waals surface area (Å²) in [5.41, 5.74) is 0.402. The van der Waals surface area contributed by atoms with Gasteiger partial charge in [0.25, 0.3) is 5.91 Å². The molecule has 1 aromatic rings. The summed E-state index contributed by atoms with van der Waals surface area (Å²) < 4.78 is 13.1. The standard InChI is InChI=1S/C14H18FN3O/c15-13-9-11(4-5-16-13)14(19)18-8-2-7-17-6-1-3-12(17)10-18/h4-5,9,12H,1-3,6-8,10H2. The van der Waals surface area contributed by atoms with Gasteiger partial charge in [-0.1, -0.05) is 0 Å². The monoisotopic (exact) mass is 263 g/mol. The van der Waals surface area contributed by atoms with Gasteiger partial charge in [0.15, 0.2) is 0 Å². The number of hydrogen-bond donors (Lipinski definition) is 0. The summed E-state index contributed by atoms with van der Waals surface area (Å²) in [6, 6.07) is 3.29. The van der Waals surface area contributed by atoms with Crippen molar-refractivity contribution >= 4 is 5.91 Å². The van der Waals surface area contributed by atoms with Crippen LogP contribution in [-0.4, -0.2) is 52.9 Å². The third-order valence-electron chi connectivity index (χ3n) is 4.06. The summed E-state index contributed by atoms with van der Waals surface area (Å²) in [6.45, 7) is 3.74. The van der Waals surface area contributed by atoms with Crippen LogP contribution in [0.25, 0.3) is 0 Å². The molecule has 0 spiro atoms. The number of aromatic nitrogens is 1. The molecule has 3 heterocycles. The minimum atomic E-state index is -0.594. The topological polar surface area (TPSA) is 36.4 Å². The summed E-state index contributed by atoms with van der Waals surface area (Å²) in [4.78, 5) is 20.2. The summed E-state index contributed by atoms with van der Waals surface area (Å²) in [5.74, 6) is -0.668. The Morgan fingerprint density at radius 2 is 2.16 bits per heavy atom. The van der Waals surface area contributed by atoms with Crippen LogP contribution in [0.2, 0.25) is 0 Å². The fourth-order valence-corrected chi connectivity index (χ4v) is 3.11. The van der Waals surface area contributed by atoms with Crippen molar-refractivity contribution in [2.24, 2.45) is 0 Å². The summed E-state index contributed by atoms with van der Waals surface area (Å²) in [6.07, 6.45) is 4.73. The van der Waals surface area contributed by atoms with E-state index in [1.54, 1.807) is 6.07 Å². The lowest BCUT2D eigenvalue weighted by Gasteiger charge is -2.25. The molecule has 0 aliphatic carbocycles.